The summed E-state index contributed by atoms with van der Waals surface area (Å²) in [6.45, 7) is 3.55. The van der Waals surface area contributed by atoms with Gasteiger partial charge in [-0.2, -0.15) is 0 Å². The summed E-state index contributed by atoms with van der Waals surface area (Å²) in [6.07, 6.45) is 0. The van der Waals surface area contributed by atoms with Gasteiger partial charge < -0.3 is 10.6 Å². The average molecular weight is 533 g/mol. The summed E-state index contributed by atoms with van der Waals surface area (Å²) >= 11 is 18.1. The Balaban J connectivity index is 1.60. The van der Waals surface area contributed by atoms with Crippen molar-refractivity contribution in [3.8, 4) is 0 Å². The van der Waals surface area contributed by atoms with Crippen LogP contribution in [0.4, 0.5) is 21.5 Å². The molecule has 0 unspecified atom stereocenters. The molecule has 178 valence electrons. The standard InChI is InChI=1S/C25H17Cl3FN3O3/c1-12-6-7-14(23(33)31-19-5-3-4-16(26)13(19)2)10-20(12)30-22-21(28)24(34)32(25(22)35)15-8-9-18(29)17(27)11-15/h3-11,30H,1-2H3,(H,31,33). The van der Waals surface area contributed by atoms with E-state index in [-0.39, 0.29) is 21.4 Å². The number of amides is 3. The molecule has 0 radical (unpaired) electrons. The highest BCUT2D eigenvalue weighted by atomic mass is 35.5. The van der Waals surface area contributed by atoms with Crippen molar-refractivity contribution in [3.05, 3.63) is 97.9 Å². The second-order valence-electron chi connectivity index (χ2n) is 7.75. The Labute approximate surface area is 215 Å². The number of rotatable bonds is 5. The van der Waals surface area contributed by atoms with Gasteiger partial charge in [-0.1, -0.05) is 46.9 Å². The highest BCUT2D eigenvalue weighted by Gasteiger charge is 2.39. The average Bonchev–Trinajstić information content (AvgIpc) is 3.03. The van der Waals surface area contributed by atoms with Crippen LogP contribution in [0.15, 0.2) is 65.3 Å². The first-order valence-electron chi connectivity index (χ1n) is 10.3. The van der Waals surface area contributed by atoms with Crippen LogP contribution in [0.5, 0.6) is 0 Å². The predicted molar refractivity (Wildman–Crippen MR) is 136 cm³/mol. The number of halogens is 4. The lowest BCUT2D eigenvalue weighted by atomic mass is 10.1. The number of hydrogen-bond donors (Lipinski definition) is 2. The van der Waals surface area contributed by atoms with Gasteiger partial charge in [0.15, 0.2) is 0 Å². The highest BCUT2D eigenvalue weighted by molar-refractivity contribution is 6.53. The van der Waals surface area contributed by atoms with Gasteiger partial charge in [-0.3, -0.25) is 14.4 Å². The Hall–Kier alpha value is -3.39. The van der Waals surface area contributed by atoms with Crippen LogP contribution in [0.3, 0.4) is 0 Å². The lowest BCUT2D eigenvalue weighted by Crippen LogP contribution is -2.32. The summed E-state index contributed by atoms with van der Waals surface area (Å²) in [5.74, 6) is -2.61. The van der Waals surface area contributed by atoms with E-state index in [2.05, 4.69) is 10.6 Å². The van der Waals surface area contributed by atoms with Gasteiger partial charge in [0.25, 0.3) is 17.7 Å². The van der Waals surface area contributed by atoms with Gasteiger partial charge in [-0.05, 0) is 67.4 Å². The van der Waals surface area contributed by atoms with Crippen molar-refractivity contribution in [2.45, 2.75) is 13.8 Å². The minimum Gasteiger partial charge on any atom is -0.349 e. The summed E-state index contributed by atoms with van der Waals surface area (Å²) in [7, 11) is 0. The summed E-state index contributed by atoms with van der Waals surface area (Å²) in [5.41, 5.74) is 2.57. The van der Waals surface area contributed by atoms with Crippen molar-refractivity contribution in [3.63, 3.8) is 0 Å². The topological polar surface area (TPSA) is 78.5 Å². The molecular formula is C25H17Cl3FN3O3. The van der Waals surface area contributed by atoms with Crippen molar-refractivity contribution in [2.24, 2.45) is 0 Å². The number of carbonyl (C=O) groups is 3. The van der Waals surface area contributed by atoms with E-state index in [1.807, 2.05) is 0 Å². The SMILES string of the molecule is Cc1ccc(C(=O)Nc2cccc(Cl)c2C)cc1NC1=C(Cl)C(=O)N(c2ccc(F)c(Cl)c2)C1=O. The fraction of sp³-hybridized carbons (Fsp3) is 0.0800. The lowest BCUT2D eigenvalue weighted by Gasteiger charge is -2.16. The largest absolute Gasteiger partial charge is 0.349 e. The molecule has 2 N–H and O–H groups in total. The Bertz CT molecular complexity index is 1440. The molecule has 4 rings (SSSR count). The van der Waals surface area contributed by atoms with Crippen molar-refractivity contribution in [2.75, 3.05) is 15.5 Å². The second-order valence-corrected chi connectivity index (χ2v) is 8.95. The number of carbonyl (C=O) groups excluding carboxylic acids is 3. The Morgan fingerprint density at radius 2 is 1.63 bits per heavy atom. The first-order chi connectivity index (χ1) is 16.6. The van der Waals surface area contributed by atoms with Crippen molar-refractivity contribution in [1.29, 1.82) is 0 Å². The molecule has 3 aromatic carbocycles. The molecule has 6 nitrogen and oxygen atoms in total. The molecule has 35 heavy (non-hydrogen) atoms. The zero-order valence-electron chi connectivity index (χ0n) is 18.4. The van der Waals surface area contributed by atoms with Gasteiger partial charge in [0.2, 0.25) is 0 Å². The molecule has 0 aliphatic carbocycles. The van der Waals surface area contributed by atoms with Crippen molar-refractivity contribution in [1.82, 2.24) is 0 Å². The molecule has 3 amide bonds. The number of nitrogens with one attached hydrogen (secondary N) is 2. The van der Waals surface area contributed by atoms with E-state index in [4.69, 9.17) is 34.8 Å². The van der Waals surface area contributed by atoms with E-state index in [0.717, 1.165) is 22.6 Å². The van der Waals surface area contributed by atoms with E-state index in [0.29, 0.717) is 27.5 Å². The maximum atomic E-state index is 13.5. The molecule has 0 bridgehead atoms. The minimum atomic E-state index is -0.787. The molecule has 10 heteroatoms. The fourth-order valence-electron chi connectivity index (χ4n) is 3.44. The minimum absolute atomic E-state index is 0.0723. The van der Waals surface area contributed by atoms with E-state index in [1.165, 1.54) is 12.1 Å². The van der Waals surface area contributed by atoms with E-state index < -0.39 is 23.5 Å². The van der Waals surface area contributed by atoms with Gasteiger partial charge in [0, 0.05) is 22.0 Å². The number of imide groups is 1. The molecule has 0 saturated carbocycles. The monoisotopic (exact) mass is 531 g/mol. The molecule has 0 atom stereocenters. The molecule has 0 aromatic heterocycles. The number of aryl methyl sites for hydroxylation is 1. The van der Waals surface area contributed by atoms with Gasteiger partial charge >= 0.3 is 0 Å². The zero-order valence-corrected chi connectivity index (χ0v) is 20.6. The van der Waals surface area contributed by atoms with Gasteiger partial charge in [0.05, 0.1) is 10.7 Å². The predicted octanol–water partition coefficient (Wildman–Crippen LogP) is 6.44. The summed E-state index contributed by atoms with van der Waals surface area (Å²) < 4.78 is 13.5. The number of anilines is 3. The summed E-state index contributed by atoms with van der Waals surface area (Å²) in [6, 6.07) is 13.5. The van der Waals surface area contributed by atoms with Gasteiger partial charge in [-0.15, -0.1) is 0 Å². The Morgan fingerprint density at radius 3 is 2.34 bits per heavy atom. The Morgan fingerprint density at radius 1 is 0.886 bits per heavy atom. The maximum absolute atomic E-state index is 13.5. The number of nitrogens with zero attached hydrogens (tertiary/aromatic N) is 1. The van der Waals surface area contributed by atoms with E-state index in [9.17, 15) is 18.8 Å². The van der Waals surface area contributed by atoms with Crippen molar-refractivity contribution < 1.29 is 18.8 Å². The van der Waals surface area contributed by atoms with E-state index >= 15 is 0 Å². The maximum Gasteiger partial charge on any atom is 0.283 e. The number of benzene rings is 3. The lowest BCUT2D eigenvalue weighted by molar-refractivity contribution is -0.120. The third-order valence-electron chi connectivity index (χ3n) is 5.46. The van der Waals surface area contributed by atoms with Crippen LogP contribution in [-0.2, 0) is 9.59 Å². The second kappa shape index (κ2) is 9.70. The fourth-order valence-corrected chi connectivity index (χ4v) is 4.00. The van der Waals surface area contributed by atoms with Crippen LogP contribution in [0.1, 0.15) is 21.5 Å². The molecule has 1 aliphatic rings. The van der Waals surface area contributed by atoms with Gasteiger partial charge in [-0.25, -0.2) is 9.29 Å². The van der Waals surface area contributed by atoms with Crippen LogP contribution in [0.25, 0.3) is 0 Å². The smallest absolute Gasteiger partial charge is 0.283 e. The molecular weight excluding hydrogens is 516 g/mol. The molecule has 0 saturated heterocycles. The van der Waals surface area contributed by atoms with Gasteiger partial charge in [0.1, 0.15) is 16.5 Å². The van der Waals surface area contributed by atoms with Crippen LogP contribution in [0, 0.1) is 19.7 Å². The van der Waals surface area contributed by atoms with Crippen LogP contribution in [-0.4, -0.2) is 17.7 Å². The summed E-state index contributed by atoms with van der Waals surface area (Å²) in [5, 5.41) is 5.61. The first kappa shape index (κ1) is 24.7. The molecule has 1 aliphatic heterocycles. The molecule has 0 spiro atoms. The highest BCUT2D eigenvalue weighted by Crippen LogP contribution is 2.33. The van der Waals surface area contributed by atoms with Crippen LogP contribution < -0.4 is 15.5 Å². The zero-order chi connectivity index (χ0) is 25.4. The molecule has 0 fully saturated rings. The van der Waals surface area contributed by atoms with Crippen LogP contribution >= 0.6 is 34.8 Å². The van der Waals surface area contributed by atoms with Crippen LogP contribution in [0.2, 0.25) is 10.0 Å². The first-order valence-corrected chi connectivity index (χ1v) is 11.4. The third kappa shape index (κ3) is 4.75. The Kier molecular flexibility index (Phi) is 6.85. The number of hydrogen-bond acceptors (Lipinski definition) is 4. The van der Waals surface area contributed by atoms with E-state index in [1.54, 1.807) is 44.2 Å². The summed E-state index contributed by atoms with van der Waals surface area (Å²) in [4.78, 5) is 39.4. The third-order valence-corrected chi connectivity index (χ3v) is 6.51. The quantitative estimate of drug-likeness (QED) is 0.371. The normalized spacial score (nSPS) is 13.5. The molecule has 1 heterocycles. The molecule has 3 aromatic rings. The van der Waals surface area contributed by atoms with Crippen molar-refractivity contribution >= 4 is 69.6 Å².